The van der Waals surface area contributed by atoms with E-state index < -0.39 is 0 Å². The van der Waals surface area contributed by atoms with Gasteiger partial charge in [0.1, 0.15) is 0 Å². The van der Waals surface area contributed by atoms with E-state index in [0.717, 1.165) is 9.84 Å². The summed E-state index contributed by atoms with van der Waals surface area (Å²) < 4.78 is 0.811. The van der Waals surface area contributed by atoms with E-state index in [2.05, 4.69) is 46.8 Å². The Morgan fingerprint density at radius 3 is 3.25 bits per heavy atom. The van der Waals surface area contributed by atoms with Gasteiger partial charge in [0, 0.05) is 15.8 Å². The largest absolute Gasteiger partial charge is 0.365 e. The van der Waals surface area contributed by atoms with Crippen LogP contribution in [0.2, 0.25) is 0 Å². The zero-order chi connectivity index (χ0) is 8.55. The predicted molar refractivity (Wildman–Crippen MR) is 59.8 cm³/mol. The molecule has 1 N–H and O–H groups in total. The highest BCUT2D eigenvalue weighted by Gasteiger charge is 2.22. The maximum Gasteiger partial charge on any atom is 0.0179 e. The highest BCUT2D eigenvalue weighted by atomic mass is 127. The molecule has 1 aliphatic carbocycles. The fourth-order valence-electron chi connectivity index (χ4n) is 1.97. The van der Waals surface area contributed by atoms with Crippen LogP contribution in [0, 0.1) is 5.92 Å². The molecule has 1 aromatic heterocycles. The summed E-state index contributed by atoms with van der Waals surface area (Å²) in [4.78, 5) is 3.31. The number of halogens is 1. The molecule has 0 spiro atoms. The van der Waals surface area contributed by atoms with Gasteiger partial charge < -0.3 is 4.98 Å². The molecular formula is C10H14IN. The summed E-state index contributed by atoms with van der Waals surface area (Å²) in [5.41, 5.74) is 3.03. The lowest BCUT2D eigenvalue weighted by molar-refractivity contribution is 0.463. The third-order valence-corrected chi connectivity index (χ3v) is 3.84. The first-order chi connectivity index (χ1) is 5.77. The summed E-state index contributed by atoms with van der Waals surface area (Å²) in [7, 11) is 0. The summed E-state index contributed by atoms with van der Waals surface area (Å²) in [5, 5.41) is 0. The topological polar surface area (TPSA) is 15.8 Å². The van der Waals surface area contributed by atoms with E-state index in [-0.39, 0.29) is 0 Å². The maximum absolute atomic E-state index is 3.31. The van der Waals surface area contributed by atoms with E-state index in [1.165, 1.54) is 25.0 Å². The number of aromatic amines is 1. The first kappa shape index (κ1) is 8.60. The Bertz CT molecular complexity index is 265. The first-order valence-corrected chi connectivity index (χ1v) is 5.81. The standard InChI is InChI=1S/C10H14IN/c1-7(11)8-2-3-10-9(6-8)4-5-12-10/h4-5,7-8,12H,2-3,6H2,1H3. The van der Waals surface area contributed by atoms with Crippen LogP contribution >= 0.6 is 22.6 Å². The molecule has 1 aliphatic rings. The number of rotatable bonds is 1. The number of hydrogen-bond acceptors (Lipinski definition) is 0. The Balaban J connectivity index is 2.15. The second-order valence-electron chi connectivity index (χ2n) is 3.66. The van der Waals surface area contributed by atoms with Crippen LogP contribution in [-0.2, 0) is 12.8 Å². The fourth-order valence-corrected chi connectivity index (χ4v) is 2.58. The molecule has 1 nitrogen and oxygen atoms in total. The number of aromatic nitrogens is 1. The number of aryl methyl sites for hydroxylation is 1. The second kappa shape index (κ2) is 3.40. The Kier molecular flexibility index (Phi) is 2.44. The van der Waals surface area contributed by atoms with Gasteiger partial charge in [0.2, 0.25) is 0 Å². The minimum Gasteiger partial charge on any atom is -0.365 e. The molecule has 0 aromatic carbocycles. The van der Waals surface area contributed by atoms with E-state index >= 15 is 0 Å². The van der Waals surface area contributed by atoms with E-state index in [9.17, 15) is 0 Å². The molecule has 0 saturated heterocycles. The van der Waals surface area contributed by atoms with Crippen molar-refractivity contribution in [1.29, 1.82) is 0 Å². The highest BCUT2D eigenvalue weighted by Crippen LogP contribution is 2.29. The summed E-state index contributed by atoms with van der Waals surface area (Å²) in [5.74, 6) is 0.897. The SMILES string of the molecule is CC(I)C1CCc2[nH]ccc2C1. The zero-order valence-electron chi connectivity index (χ0n) is 7.31. The van der Waals surface area contributed by atoms with Gasteiger partial charge in [-0.25, -0.2) is 0 Å². The molecule has 12 heavy (non-hydrogen) atoms. The number of H-pyrrole nitrogens is 1. The molecule has 1 aromatic rings. The van der Waals surface area contributed by atoms with Crippen molar-refractivity contribution in [2.45, 2.75) is 30.1 Å². The average Bonchev–Trinajstić information content (AvgIpc) is 2.49. The van der Waals surface area contributed by atoms with Crippen LogP contribution in [0.3, 0.4) is 0 Å². The Hall–Kier alpha value is 0.01000. The van der Waals surface area contributed by atoms with Crippen LogP contribution in [0.15, 0.2) is 12.3 Å². The molecule has 2 atom stereocenters. The predicted octanol–water partition coefficient (Wildman–Crippen LogP) is 2.94. The number of hydrogen-bond donors (Lipinski definition) is 1. The van der Waals surface area contributed by atoms with E-state index in [4.69, 9.17) is 0 Å². The minimum absolute atomic E-state index is 0.811. The number of alkyl halides is 1. The van der Waals surface area contributed by atoms with Crippen molar-refractivity contribution in [3.05, 3.63) is 23.5 Å². The second-order valence-corrected chi connectivity index (χ2v) is 5.63. The average molecular weight is 275 g/mol. The van der Waals surface area contributed by atoms with Crippen LogP contribution in [0.4, 0.5) is 0 Å². The van der Waals surface area contributed by atoms with Crippen LogP contribution in [-0.4, -0.2) is 8.91 Å². The van der Waals surface area contributed by atoms with E-state index in [1.54, 1.807) is 5.56 Å². The van der Waals surface area contributed by atoms with Crippen molar-refractivity contribution >= 4 is 22.6 Å². The third kappa shape index (κ3) is 1.53. The Morgan fingerprint density at radius 2 is 2.50 bits per heavy atom. The molecule has 0 amide bonds. The molecule has 1 heterocycles. The van der Waals surface area contributed by atoms with Gasteiger partial charge in [-0.1, -0.05) is 29.5 Å². The summed E-state index contributed by atoms with van der Waals surface area (Å²) in [6.45, 7) is 2.32. The van der Waals surface area contributed by atoms with Crippen molar-refractivity contribution in [3.8, 4) is 0 Å². The van der Waals surface area contributed by atoms with Crippen molar-refractivity contribution in [3.63, 3.8) is 0 Å². The van der Waals surface area contributed by atoms with E-state index in [0.29, 0.717) is 0 Å². The Morgan fingerprint density at radius 1 is 1.67 bits per heavy atom. The quantitative estimate of drug-likeness (QED) is 0.599. The first-order valence-electron chi connectivity index (χ1n) is 4.56. The lowest BCUT2D eigenvalue weighted by Gasteiger charge is -2.24. The molecule has 2 heteroatoms. The molecular weight excluding hydrogens is 261 g/mol. The van der Waals surface area contributed by atoms with Gasteiger partial charge in [-0.15, -0.1) is 0 Å². The number of nitrogens with one attached hydrogen (secondary N) is 1. The van der Waals surface area contributed by atoms with Crippen LogP contribution in [0.5, 0.6) is 0 Å². The van der Waals surface area contributed by atoms with Gasteiger partial charge in [0.15, 0.2) is 0 Å². The Labute approximate surface area is 87.1 Å². The normalized spacial score (nSPS) is 25.0. The minimum atomic E-state index is 0.811. The summed E-state index contributed by atoms with van der Waals surface area (Å²) >= 11 is 2.55. The zero-order valence-corrected chi connectivity index (χ0v) is 9.47. The molecule has 2 unspecified atom stereocenters. The van der Waals surface area contributed by atoms with Crippen molar-refractivity contribution in [2.24, 2.45) is 5.92 Å². The summed E-state index contributed by atoms with van der Waals surface area (Å²) in [6, 6.07) is 2.24. The van der Waals surface area contributed by atoms with Gasteiger partial charge >= 0.3 is 0 Å². The lowest BCUT2D eigenvalue weighted by atomic mass is 9.86. The van der Waals surface area contributed by atoms with E-state index in [1.807, 2.05) is 0 Å². The van der Waals surface area contributed by atoms with Gasteiger partial charge in [-0.3, -0.25) is 0 Å². The van der Waals surface area contributed by atoms with Crippen LogP contribution in [0.1, 0.15) is 24.6 Å². The maximum atomic E-state index is 3.31. The van der Waals surface area contributed by atoms with Crippen molar-refractivity contribution < 1.29 is 0 Å². The van der Waals surface area contributed by atoms with Gasteiger partial charge in [-0.2, -0.15) is 0 Å². The lowest BCUT2D eigenvalue weighted by Crippen LogP contribution is -2.19. The number of fused-ring (bicyclic) bond motifs is 1. The molecule has 66 valence electrons. The van der Waals surface area contributed by atoms with Crippen LogP contribution < -0.4 is 0 Å². The van der Waals surface area contributed by atoms with Gasteiger partial charge in [0.25, 0.3) is 0 Å². The van der Waals surface area contributed by atoms with Crippen LogP contribution in [0.25, 0.3) is 0 Å². The fraction of sp³-hybridized carbons (Fsp3) is 0.600. The molecule has 0 radical (unpaired) electrons. The molecule has 0 bridgehead atoms. The third-order valence-electron chi connectivity index (χ3n) is 2.83. The van der Waals surface area contributed by atoms with Crippen molar-refractivity contribution in [2.75, 3.05) is 0 Å². The molecule has 2 rings (SSSR count). The van der Waals surface area contributed by atoms with Gasteiger partial charge in [0.05, 0.1) is 0 Å². The summed E-state index contributed by atoms with van der Waals surface area (Å²) in [6.07, 6.45) is 5.96. The monoisotopic (exact) mass is 275 g/mol. The van der Waals surface area contributed by atoms with Gasteiger partial charge in [-0.05, 0) is 36.8 Å². The molecule has 0 aliphatic heterocycles. The smallest absolute Gasteiger partial charge is 0.0179 e. The molecule has 0 fully saturated rings. The van der Waals surface area contributed by atoms with Crippen molar-refractivity contribution in [1.82, 2.24) is 4.98 Å². The molecule has 0 saturated carbocycles. The highest BCUT2D eigenvalue weighted by molar-refractivity contribution is 14.1.